The fraction of sp³-hybridized carbons (Fsp3) is 0.667. The molecule has 0 aromatic carbocycles. The number of hydrogen-bond donors (Lipinski definition) is 1. The predicted octanol–water partition coefficient (Wildman–Crippen LogP) is 1.82. The van der Waals surface area contributed by atoms with Crippen LogP contribution in [0.5, 0.6) is 0 Å². The van der Waals surface area contributed by atoms with E-state index in [1.165, 1.54) is 0 Å². The third-order valence-electron chi connectivity index (χ3n) is 1.55. The van der Waals surface area contributed by atoms with Crippen LogP contribution in [0.3, 0.4) is 0 Å². The number of carbonyl (C=O) groups is 1. The average molecular weight is 187 g/mol. The van der Waals surface area contributed by atoms with Crippen LogP contribution in [-0.4, -0.2) is 23.5 Å². The van der Waals surface area contributed by atoms with Crippen molar-refractivity contribution in [1.82, 2.24) is 5.32 Å². The zero-order valence-corrected chi connectivity index (χ0v) is 8.99. The highest BCUT2D eigenvalue weighted by Crippen LogP contribution is 2.24. The van der Waals surface area contributed by atoms with Crippen molar-refractivity contribution in [3.8, 4) is 0 Å². The molecule has 0 saturated heterocycles. The third-order valence-corrected chi connectivity index (χ3v) is 2.82. The van der Waals surface area contributed by atoms with Crippen LogP contribution in [0.2, 0.25) is 0 Å². The van der Waals surface area contributed by atoms with Crippen LogP contribution < -0.4 is 5.32 Å². The summed E-state index contributed by atoms with van der Waals surface area (Å²) >= 11 is 1.64. The molecule has 0 rings (SSSR count). The number of nitrogens with one attached hydrogen (secondary N) is 1. The number of allylic oxidation sites excluding steroid dienone is 1. The Labute approximate surface area is 78.8 Å². The Bertz CT molecular complexity index is 175. The molecule has 0 aliphatic rings. The summed E-state index contributed by atoms with van der Waals surface area (Å²) in [7, 11) is 1.67. The van der Waals surface area contributed by atoms with Gasteiger partial charge in [0.1, 0.15) is 0 Å². The minimum Gasteiger partial charge on any atom is -0.358 e. The van der Waals surface area contributed by atoms with Gasteiger partial charge in [0.15, 0.2) is 0 Å². The van der Waals surface area contributed by atoms with Gasteiger partial charge in [-0.05, 0) is 20.8 Å². The Morgan fingerprint density at radius 2 is 2.17 bits per heavy atom. The van der Waals surface area contributed by atoms with Gasteiger partial charge in [-0.15, -0.1) is 11.8 Å². The minimum atomic E-state index is -0.325. The SMILES string of the molecule is C/C=C/CSC(C)(C)C(=O)NC. The first-order valence-electron chi connectivity index (χ1n) is 4.02. The van der Waals surface area contributed by atoms with Crippen molar-refractivity contribution >= 4 is 17.7 Å². The van der Waals surface area contributed by atoms with E-state index in [9.17, 15) is 4.79 Å². The summed E-state index contributed by atoms with van der Waals surface area (Å²) in [6, 6.07) is 0. The van der Waals surface area contributed by atoms with Gasteiger partial charge in [0.2, 0.25) is 5.91 Å². The van der Waals surface area contributed by atoms with Crippen molar-refractivity contribution < 1.29 is 4.79 Å². The molecule has 0 bridgehead atoms. The molecule has 0 atom stereocenters. The monoisotopic (exact) mass is 187 g/mol. The molecule has 0 aliphatic heterocycles. The predicted molar refractivity (Wildman–Crippen MR) is 55.4 cm³/mol. The molecular formula is C9H17NOS. The summed E-state index contributed by atoms with van der Waals surface area (Å²) in [4.78, 5) is 11.3. The first kappa shape index (κ1) is 11.6. The second-order valence-electron chi connectivity index (χ2n) is 2.97. The molecule has 0 aromatic rings. The van der Waals surface area contributed by atoms with Crippen molar-refractivity contribution in [2.45, 2.75) is 25.5 Å². The van der Waals surface area contributed by atoms with Crippen molar-refractivity contribution in [3.05, 3.63) is 12.2 Å². The number of rotatable bonds is 4. The fourth-order valence-corrected chi connectivity index (χ4v) is 1.66. The van der Waals surface area contributed by atoms with Crippen LogP contribution in [0, 0.1) is 0 Å². The molecule has 12 heavy (non-hydrogen) atoms. The minimum absolute atomic E-state index is 0.0806. The first-order chi connectivity index (χ1) is 5.54. The van der Waals surface area contributed by atoms with Crippen LogP contribution in [0.25, 0.3) is 0 Å². The molecule has 0 heterocycles. The van der Waals surface area contributed by atoms with Crippen molar-refractivity contribution in [1.29, 1.82) is 0 Å². The number of thioether (sulfide) groups is 1. The van der Waals surface area contributed by atoms with E-state index in [0.717, 1.165) is 5.75 Å². The van der Waals surface area contributed by atoms with Crippen LogP contribution in [0.1, 0.15) is 20.8 Å². The summed E-state index contributed by atoms with van der Waals surface area (Å²) in [6.07, 6.45) is 4.04. The lowest BCUT2D eigenvalue weighted by Crippen LogP contribution is -2.37. The quantitative estimate of drug-likeness (QED) is 0.680. The van der Waals surface area contributed by atoms with E-state index in [-0.39, 0.29) is 10.7 Å². The highest BCUT2D eigenvalue weighted by Gasteiger charge is 2.25. The highest BCUT2D eigenvalue weighted by molar-refractivity contribution is 8.01. The van der Waals surface area contributed by atoms with Gasteiger partial charge in [0, 0.05) is 12.8 Å². The Morgan fingerprint density at radius 3 is 2.58 bits per heavy atom. The Morgan fingerprint density at radius 1 is 1.58 bits per heavy atom. The highest BCUT2D eigenvalue weighted by atomic mass is 32.2. The smallest absolute Gasteiger partial charge is 0.235 e. The summed E-state index contributed by atoms with van der Waals surface area (Å²) in [5, 5.41) is 2.65. The molecule has 2 nitrogen and oxygen atoms in total. The molecule has 0 aromatic heterocycles. The van der Waals surface area contributed by atoms with Gasteiger partial charge in [-0.3, -0.25) is 4.79 Å². The molecule has 0 fully saturated rings. The van der Waals surface area contributed by atoms with E-state index in [2.05, 4.69) is 11.4 Å². The molecular weight excluding hydrogens is 170 g/mol. The molecule has 0 spiro atoms. The molecule has 0 saturated carbocycles. The first-order valence-corrected chi connectivity index (χ1v) is 5.00. The third kappa shape index (κ3) is 3.81. The largest absolute Gasteiger partial charge is 0.358 e. The van der Waals surface area contributed by atoms with Gasteiger partial charge in [-0.1, -0.05) is 12.2 Å². The van der Waals surface area contributed by atoms with E-state index < -0.39 is 0 Å². The topological polar surface area (TPSA) is 29.1 Å². The lowest BCUT2D eigenvalue weighted by molar-refractivity contribution is -0.122. The standard InChI is InChI=1S/C9H17NOS/c1-5-6-7-12-9(2,3)8(11)10-4/h5-6H,7H2,1-4H3,(H,10,11)/b6-5+. The van der Waals surface area contributed by atoms with E-state index in [1.807, 2.05) is 26.8 Å². The number of carbonyl (C=O) groups excluding carboxylic acids is 1. The van der Waals surface area contributed by atoms with Crippen LogP contribution >= 0.6 is 11.8 Å². The fourth-order valence-electron chi connectivity index (χ4n) is 0.719. The van der Waals surface area contributed by atoms with E-state index in [1.54, 1.807) is 18.8 Å². The second-order valence-corrected chi connectivity index (χ2v) is 4.61. The zero-order chi connectivity index (χ0) is 9.61. The van der Waals surface area contributed by atoms with Gasteiger partial charge in [0.25, 0.3) is 0 Å². The van der Waals surface area contributed by atoms with E-state index >= 15 is 0 Å². The van der Waals surface area contributed by atoms with Crippen LogP contribution in [0.15, 0.2) is 12.2 Å². The Balaban J connectivity index is 3.94. The average Bonchev–Trinajstić information content (AvgIpc) is 2.03. The van der Waals surface area contributed by atoms with E-state index in [0.29, 0.717) is 0 Å². The van der Waals surface area contributed by atoms with E-state index in [4.69, 9.17) is 0 Å². The van der Waals surface area contributed by atoms with Crippen molar-refractivity contribution in [3.63, 3.8) is 0 Å². The van der Waals surface area contributed by atoms with Crippen LogP contribution in [-0.2, 0) is 4.79 Å². The molecule has 3 heteroatoms. The molecule has 0 radical (unpaired) electrons. The number of hydrogen-bond acceptors (Lipinski definition) is 2. The normalized spacial score (nSPS) is 12.0. The molecule has 70 valence electrons. The summed E-state index contributed by atoms with van der Waals surface area (Å²) in [5.41, 5.74) is 0. The van der Waals surface area contributed by atoms with Gasteiger partial charge < -0.3 is 5.32 Å². The number of amides is 1. The van der Waals surface area contributed by atoms with Crippen LogP contribution in [0.4, 0.5) is 0 Å². The van der Waals surface area contributed by atoms with Gasteiger partial charge in [0.05, 0.1) is 4.75 Å². The van der Waals surface area contributed by atoms with Gasteiger partial charge in [-0.25, -0.2) is 0 Å². The lowest BCUT2D eigenvalue weighted by atomic mass is 10.2. The second kappa shape index (κ2) is 5.25. The summed E-state index contributed by atoms with van der Waals surface area (Å²) in [6.45, 7) is 5.84. The summed E-state index contributed by atoms with van der Waals surface area (Å²) in [5.74, 6) is 0.966. The maximum atomic E-state index is 11.3. The van der Waals surface area contributed by atoms with Gasteiger partial charge in [-0.2, -0.15) is 0 Å². The zero-order valence-electron chi connectivity index (χ0n) is 8.18. The Hall–Kier alpha value is -0.440. The molecule has 1 amide bonds. The molecule has 1 N–H and O–H groups in total. The maximum absolute atomic E-state index is 11.3. The van der Waals surface area contributed by atoms with Gasteiger partial charge >= 0.3 is 0 Å². The van der Waals surface area contributed by atoms with Crippen molar-refractivity contribution in [2.75, 3.05) is 12.8 Å². The molecule has 0 aliphatic carbocycles. The maximum Gasteiger partial charge on any atom is 0.235 e. The lowest BCUT2D eigenvalue weighted by Gasteiger charge is -2.20. The summed E-state index contributed by atoms with van der Waals surface area (Å²) < 4.78 is -0.325. The molecule has 0 unspecified atom stereocenters. The Kier molecular flexibility index (Phi) is 5.06. The van der Waals surface area contributed by atoms with Crippen molar-refractivity contribution in [2.24, 2.45) is 0 Å².